The molecule has 1 amide bonds. The van der Waals surface area contributed by atoms with Crippen LogP contribution in [0.3, 0.4) is 0 Å². The zero-order chi connectivity index (χ0) is 21.1. The largest absolute Gasteiger partial charge is 0.454 e. The highest BCUT2D eigenvalue weighted by Crippen LogP contribution is 2.34. The number of thioether (sulfide) groups is 1. The van der Waals surface area contributed by atoms with Crippen molar-refractivity contribution in [1.82, 2.24) is 9.55 Å². The Balaban J connectivity index is 1.45. The summed E-state index contributed by atoms with van der Waals surface area (Å²) in [6, 6.07) is 13.1. The molecule has 30 heavy (non-hydrogen) atoms. The van der Waals surface area contributed by atoms with Gasteiger partial charge < -0.3 is 19.4 Å². The zero-order valence-corrected chi connectivity index (χ0v) is 18.3. The molecule has 156 valence electrons. The summed E-state index contributed by atoms with van der Waals surface area (Å²) < 4.78 is 12.8. The van der Waals surface area contributed by atoms with Gasteiger partial charge in [-0.25, -0.2) is 4.98 Å². The number of hydrogen-bond donors (Lipinski definition) is 1. The standard InChI is InChI=1S/C22H22ClN3O3S/c1-14(2)11-26-18(15-3-5-16(23)6-4-15)10-24-22(26)30-12-21(27)25-17-7-8-19-20(9-17)29-13-28-19/h3-10,14H,11-13H2,1-2H3,(H,25,27). The fraction of sp³-hybridized carbons (Fsp3) is 0.273. The molecule has 0 radical (unpaired) electrons. The molecule has 0 saturated carbocycles. The number of halogens is 1. The third kappa shape index (κ3) is 4.74. The lowest BCUT2D eigenvalue weighted by molar-refractivity contribution is -0.113. The second-order valence-electron chi connectivity index (χ2n) is 7.34. The number of carbonyl (C=O) groups excluding carboxylic acids is 1. The van der Waals surface area contributed by atoms with Crippen molar-refractivity contribution in [2.24, 2.45) is 5.92 Å². The Morgan fingerprint density at radius 1 is 1.20 bits per heavy atom. The molecule has 1 aromatic heterocycles. The van der Waals surface area contributed by atoms with Gasteiger partial charge in [0.1, 0.15) is 0 Å². The first kappa shape index (κ1) is 20.6. The number of carbonyl (C=O) groups is 1. The van der Waals surface area contributed by atoms with Gasteiger partial charge in [-0.2, -0.15) is 0 Å². The number of rotatable bonds is 7. The highest BCUT2D eigenvalue weighted by atomic mass is 35.5. The van der Waals surface area contributed by atoms with E-state index in [1.165, 1.54) is 11.8 Å². The van der Waals surface area contributed by atoms with Gasteiger partial charge in [-0.3, -0.25) is 4.79 Å². The molecule has 3 aromatic rings. The molecule has 0 aliphatic carbocycles. The van der Waals surface area contributed by atoms with Gasteiger partial charge in [0.25, 0.3) is 0 Å². The van der Waals surface area contributed by atoms with E-state index in [0.29, 0.717) is 28.1 Å². The monoisotopic (exact) mass is 443 g/mol. The Morgan fingerprint density at radius 2 is 1.97 bits per heavy atom. The quantitative estimate of drug-likeness (QED) is 0.500. The third-order valence-electron chi connectivity index (χ3n) is 4.50. The highest BCUT2D eigenvalue weighted by molar-refractivity contribution is 7.99. The van der Waals surface area contributed by atoms with Crippen LogP contribution in [0.15, 0.2) is 53.8 Å². The number of fused-ring (bicyclic) bond motifs is 1. The Labute approximate surface area is 184 Å². The van der Waals surface area contributed by atoms with Crippen LogP contribution in [0, 0.1) is 5.92 Å². The van der Waals surface area contributed by atoms with E-state index >= 15 is 0 Å². The van der Waals surface area contributed by atoms with Crippen LogP contribution in [0.4, 0.5) is 5.69 Å². The molecule has 0 fully saturated rings. The van der Waals surface area contributed by atoms with Gasteiger partial charge in [-0.05, 0) is 35.7 Å². The van der Waals surface area contributed by atoms with Gasteiger partial charge in [0, 0.05) is 23.3 Å². The van der Waals surface area contributed by atoms with Gasteiger partial charge in [-0.1, -0.05) is 49.3 Å². The van der Waals surface area contributed by atoms with Gasteiger partial charge in [0.2, 0.25) is 12.7 Å². The van der Waals surface area contributed by atoms with Crippen LogP contribution >= 0.6 is 23.4 Å². The molecule has 8 heteroatoms. The first-order valence-electron chi connectivity index (χ1n) is 9.63. The molecule has 0 bridgehead atoms. The lowest BCUT2D eigenvalue weighted by Crippen LogP contribution is -2.15. The van der Waals surface area contributed by atoms with Crippen LogP contribution in [0.2, 0.25) is 5.02 Å². The average Bonchev–Trinajstić information content (AvgIpc) is 3.33. The number of aromatic nitrogens is 2. The van der Waals surface area contributed by atoms with E-state index in [1.54, 1.807) is 18.2 Å². The topological polar surface area (TPSA) is 65.4 Å². The summed E-state index contributed by atoms with van der Waals surface area (Å²) in [5.74, 6) is 1.91. The molecule has 0 spiro atoms. The second-order valence-corrected chi connectivity index (χ2v) is 8.72. The summed E-state index contributed by atoms with van der Waals surface area (Å²) in [5, 5.41) is 4.41. The van der Waals surface area contributed by atoms with E-state index in [-0.39, 0.29) is 18.5 Å². The maximum absolute atomic E-state index is 12.5. The second kappa shape index (κ2) is 9.02. The van der Waals surface area contributed by atoms with Crippen molar-refractivity contribution in [2.75, 3.05) is 17.9 Å². The van der Waals surface area contributed by atoms with Crippen LogP contribution in [0.25, 0.3) is 11.3 Å². The molecule has 1 N–H and O–H groups in total. The Hall–Kier alpha value is -2.64. The fourth-order valence-electron chi connectivity index (χ4n) is 3.17. The summed E-state index contributed by atoms with van der Waals surface area (Å²) in [5.41, 5.74) is 2.74. The normalized spacial score (nSPS) is 12.4. The SMILES string of the molecule is CC(C)Cn1c(-c2ccc(Cl)cc2)cnc1SCC(=O)Nc1ccc2c(c1)OCO2. The number of benzene rings is 2. The van der Waals surface area contributed by atoms with E-state index in [1.807, 2.05) is 30.5 Å². The van der Waals surface area contributed by atoms with Gasteiger partial charge >= 0.3 is 0 Å². The summed E-state index contributed by atoms with van der Waals surface area (Å²) in [6.07, 6.45) is 1.85. The fourth-order valence-corrected chi connectivity index (χ4v) is 4.08. The molecule has 1 aliphatic heterocycles. The zero-order valence-electron chi connectivity index (χ0n) is 16.7. The summed E-state index contributed by atoms with van der Waals surface area (Å²) >= 11 is 7.44. The van der Waals surface area contributed by atoms with Crippen molar-refractivity contribution < 1.29 is 14.3 Å². The van der Waals surface area contributed by atoms with Gasteiger partial charge in [0.15, 0.2) is 16.7 Å². The van der Waals surface area contributed by atoms with Crippen molar-refractivity contribution in [3.63, 3.8) is 0 Å². The molecular weight excluding hydrogens is 422 g/mol. The number of imidazole rings is 1. The smallest absolute Gasteiger partial charge is 0.234 e. The molecular formula is C22H22ClN3O3S. The molecule has 6 nitrogen and oxygen atoms in total. The molecule has 4 rings (SSSR count). The average molecular weight is 444 g/mol. The molecule has 1 aliphatic rings. The van der Waals surface area contributed by atoms with E-state index < -0.39 is 0 Å². The first-order valence-corrected chi connectivity index (χ1v) is 11.0. The number of amides is 1. The number of ether oxygens (including phenoxy) is 2. The van der Waals surface area contributed by atoms with Crippen molar-refractivity contribution in [3.05, 3.63) is 53.7 Å². The predicted octanol–water partition coefficient (Wildman–Crippen LogP) is 5.32. The van der Waals surface area contributed by atoms with Crippen LogP contribution in [-0.4, -0.2) is 28.0 Å². The van der Waals surface area contributed by atoms with Gasteiger partial charge in [0.05, 0.1) is 17.6 Å². The number of hydrogen-bond acceptors (Lipinski definition) is 5. The molecule has 2 heterocycles. The lowest BCUT2D eigenvalue weighted by atomic mass is 10.1. The highest BCUT2D eigenvalue weighted by Gasteiger charge is 2.17. The van der Waals surface area contributed by atoms with Crippen molar-refractivity contribution in [2.45, 2.75) is 25.5 Å². The van der Waals surface area contributed by atoms with Crippen molar-refractivity contribution in [1.29, 1.82) is 0 Å². The summed E-state index contributed by atoms with van der Waals surface area (Å²) in [4.78, 5) is 17.0. The van der Waals surface area contributed by atoms with Crippen molar-refractivity contribution >= 4 is 35.0 Å². The molecule has 0 unspecified atom stereocenters. The van der Waals surface area contributed by atoms with Crippen LogP contribution in [0.5, 0.6) is 11.5 Å². The Kier molecular flexibility index (Phi) is 6.20. The number of anilines is 1. The lowest BCUT2D eigenvalue weighted by Gasteiger charge is -2.14. The Morgan fingerprint density at radius 3 is 2.73 bits per heavy atom. The van der Waals surface area contributed by atoms with Crippen LogP contribution < -0.4 is 14.8 Å². The van der Waals surface area contributed by atoms with Crippen molar-refractivity contribution in [3.8, 4) is 22.8 Å². The van der Waals surface area contributed by atoms with E-state index in [9.17, 15) is 4.79 Å². The molecule has 0 atom stereocenters. The summed E-state index contributed by atoms with van der Waals surface area (Å²) in [7, 11) is 0. The molecule has 2 aromatic carbocycles. The minimum absolute atomic E-state index is 0.106. The minimum Gasteiger partial charge on any atom is -0.454 e. The predicted molar refractivity (Wildman–Crippen MR) is 119 cm³/mol. The van der Waals surface area contributed by atoms with E-state index in [2.05, 4.69) is 28.7 Å². The van der Waals surface area contributed by atoms with E-state index in [0.717, 1.165) is 23.0 Å². The molecule has 0 saturated heterocycles. The van der Waals surface area contributed by atoms with E-state index in [4.69, 9.17) is 21.1 Å². The van der Waals surface area contributed by atoms with Crippen LogP contribution in [0.1, 0.15) is 13.8 Å². The van der Waals surface area contributed by atoms with Crippen LogP contribution in [-0.2, 0) is 11.3 Å². The minimum atomic E-state index is -0.106. The number of nitrogens with zero attached hydrogens (tertiary/aromatic N) is 2. The maximum atomic E-state index is 12.5. The summed E-state index contributed by atoms with van der Waals surface area (Å²) in [6.45, 7) is 5.33. The Bertz CT molecular complexity index is 1050. The first-order chi connectivity index (χ1) is 14.5. The third-order valence-corrected chi connectivity index (χ3v) is 5.74. The van der Waals surface area contributed by atoms with Gasteiger partial charge in [-0.15, -0.1) is 0 Å². The maximum Gasteiger partial charge on any atom is 0.234 e. The number of nitrogens with one attached hydrogen (secondary N) is 1.